The lowest BCUT2D eigenvalue weighted by Gasteiger charge is -2.01. The summed E-state index contributed by atoms with van der Waals surface area (Å²) in [6, 6.07) is 8.93. The molecule has 0 radical (unpaired) electrons. The van der Waals surface area contributed by atoms with Gasteiger partial charge in [0.1, 0.15) is 5.69 Å². The zero-order chi connectivity index (χ0) is 17.2. The van der Waals surface area contributed by atoms with Gasteiger partial charge in [-0.05, 0) is 37.3 Å². The highest BCUT2D eigenvalue weighted by Gasteiger charge is 2.14. The van der Waals surface area contributed by atoms with Crippen molar-refractivity contribution in [2.45, 2.75) is 19.9 Å². The third kappa shape index (κ3) is 3.03. The lowest BCUT2D eigenvalue weighted by Crippen LogP contribution is -2.07. The third-order valence-electron chi connectivity index (χ3n) is 3.82. The predicted octanol–water partition coefficient (Wildman–Crippen LogP) is 2.93. The number of fused-ring (bicyclic) bond motifs is 1. The number of ketones is 1. The van der Waals surface area contributed by atoms with Crippen LogP contribution in [0.3, 0.4) is 0 Å². The summed E-state index contributed by atoms with van der Waals surface area (Å²) in [6.45, 7) is 2.70. The summed E-state index contributed by atoms with van der Waals surface area (Å²) < 4.78 is 7.44. The van der Waals surface area contributed by atoms with Crippen LogP contribution < -0.4 is 0 Å². The summed E-state index contributed by atoms with van der Waals surface area (Å²) in [7, 11) is 0. The second kappa shape index (κ2) is 6.27. The Hall–Kier alpha value is -3.35. The van der Waals surface area contributed by atoms with Crippen molar-refractivity contribution in [1.82, 2.24) is 24.7 Å². The number of pyridine rings is 2. The van der Waals surface area contributed by atoms with Crippen LogP contribution in [0.4, 0.5) is 0 Å². The first-order chi connectivity index (χ1) is 12.2. The Bertz CT molecular complexity index is 1020. The summed E-state index contributed by atoms with van der Waals surface area (Å²) in [4.78, 5) is 25.2. The number of hydrogen-bond donors (Lipinski definition) is 0. The predicted molar refractivity (Wildman–Crippen MR) is 91.0 cm³/mol. The molecule has 0 saturated carbocycles. The molecule has 0 N–H and O–H groups in total. The molecule has 0 atom stereocenters. The number of nitrogens with zero attached hydrogens (tertiary/aromatic N) is 5. The van der Waals surface area contributed by atoms with E-state index in [0.717, 1.165) is 12.1 Å². The van der Waals surface area contributed by atoms with Crippen LogP contribution in [-0.4, -0.2) is 30.5 Å². The fourth-order valence-corrected chi connectivity index (χ4v) is 2.54. The summed E-state index contributed by atoms with van der Waals surface area (Å²) in [5, 5.41) is 4.23. The molecule has 0 amide bonds. The fraction of sp³-hybridized carbons (Fsp3) is 0.167. The number of carbonyl (C=O) groups excluding carboxylic acids is 1. The second-order valence-corrected chi connectivity index (χ2v) is 5.54. The number of Topliss-reactive ketones (excluding diaryl/α,β-unsaturated/α-hetero) is 1. The van der Waals surface area contributed by atoms with Crippen molar-refractivity contribution in [3.05, 3.63) is 60.3 Å². The molecule has 0 fully saturated rings. The Morgan fingerprint density at radius 1 is 1.20 bits per heavy atom. The van der Waals surface area contributed by atoms with Crippen molar-refractivity contribution in [2.24, 2.45) is 0 Å². The van der Waals surface area contributed by atoms with E-state index in [0.29, 0.717) is 28.5 Å². The number of carbonyl (C=O) groups is 1. The molecule has 0 bridgehead atoms. The molecule has 4 aromatic heterocycles. The van der Waals surface area contributed by atoms with E-state index in [1.165, 1.54) is 0 Å². The summed E-state index contributed by atoms with van der Waals surface area (Å²) in [5.41, 5.74) is 3.02. The van der Waals surface area contributed by atoms with Gasteiger partial charge < -0.3 is 4.42 Å². The van der Waals surface area contributed by atoms with E-state index in [-0.39, 0.29) is 12.2 Å². The van der Waals surface area contributed by atoms with Crippen LogP contribution in [0.25, 0.3) is 22.7 Å². The molecular formula is C18H15N5O2. The Kier molecular flexibility index (Phi) is 3.81. The fourth-order valence-electron chi connectivity index (χ4n) is 2.54. The molecule has 7 heteroatoms. The van der Waals surface area contributed by atoms with Crippen LogP contribution in [0.1, 0.15) is 23.1 Å². The van der Waals surface area contributed by atoms with Crippen molar-refractivity contribution in [1.29, 1.82) is 0 Å². The number of rotatable bonds is 5. The van der Waals surface area contributed by atoms with Gasteiger partial charge in [-0.2, -0.15) is 10.1 Å². The van der Waals surface area contributed by atoms with E-state index in [4.69, 9.17) is 4.42 Å². The van der Waals surface area contributed by atoms with Gasteiger partial charge in [0.2, 0.25) is 5.89 Å². The van der Waals surface area contributed by atoms with E-state index < -0.39 is 0 Å². The number of oxazole rings is 1. The van der Waals surface area contributed by atoms with Crippen LogP contribution in [0.2, 0.25) is 0 Å². The van der Waals surface area contributed by atoms with E-state index in [1.807, 2.05) is 13.0 Å². The molecule has 0 aliphatic carbocycles. The van der Waals surface area contributed by atoms with Gasteiger partial charge in [0.25, 0.3) is 0 Å². The van der Waals surface area contributed by atoms with Gasteiger partial charge in [-0.15, -0.1) is 0 Å². The summed E-state index contributed by atoms with van der Waals surface area (Å²) >= 11 is 0. The maximum Gasteiger partial charge on any atom is 0.229 e. The molecule has 0 aliphatic rings. The first-order valence-electron chi connectivity index (χ1n) is 7.96. The van der Waals surface area contributed by atoms with Crippen LogP contribution in [0.15, 0.2) is 53.3 Å². The van der Waals surface area contributed by atoms with Gasteiger partial charge in [0.05, 0.1) is 6.42 Å². The summed E-state index contributed by atoms with van der Waals surface area (Å²) in [6.07, 6.45) is 5.28. The normalized spacial score (nSPS) is 11.1. The molecule has 25 heavy (non-hydrogen) atoms. The second-order valence-electron chi connectivity index (χ2n) is 5.54. The molecule has 4 rings (SSSR count). The highest BCUT2D eigenvalue weighted by Crippen LogP contribution is 2.23. The SMILES string of the molecule is CCn1ccc(C(=O)Cc2cc(-c3nc4ncccc4o3)ccn2)n1. The van der Waals surface area contributed by atoms with Crippen molar-refractivity contribution in [3.63, 3.8) is 0 Å². The Labute approximate surface area is 143 Å². The topological polar surface area (TPSA) is 86.7 Å². The molecule has 0 aromatic carbocycles. The van der Waals surface area contributed by atoms with E-state index in [1.54, 1.807) is 47.5 Å². The summed E-state index contributed by atoms with van der Waals surface area (Å²) in [5.74, 6) is 0.385. The number of aryl methyl sites for hydroxylation is 1. The van der Waals surface area contributed by atoms with Crippen molar-refractivity contribution in [2.75, 3.05) is 0 Å². The van der Waals surface area contributed by atoms with E-state index in [9.17, 15) is 4.79 Å². The Morgan fingerprint density at radius 3 is 2.92 bits per heavy atom. The Balaban J connectivity index is 1.59. The number of hydrogen-bond acceptors (Lipinski definition) is 6. The van der Waals surface area contributed by atoms with Crippen LogP contribution in [-0.2, 0) is 13.0 Å². The average molecular weight is 333 g/mol. The largest absolute Gasteiger partial charge is 0.434 e. The first-order valence-corrected chi connectivity index (χ1v) is 7.96. The van der Waals surface area contributed by atoms with Gasteiger partial charge in [0.15, 0.2) is 17.0 Å². The minimum absolute atomic E-state index is 0.0731. The molecule has 0 aliphatic heterocycles. The zero-order valence-electron chi connectivity index (χ0n) is 13.6. The minimum Gasteiger partial charge on any atom is -0.434 e. The molecular weight excluding hydrogens is 318 g/mol. The van der Waals surface area contributed by atoms with Gasteiger partial charge >= 0.3 is 0 Å². The maximum atomic E-state index is 12.4. The minimum atomic E-state index is -0.0731. The maximum absolute atomic E-state index is 12.4. The van der Waals surface area contributed by atoms with Crippen molar-refractivity contribution in [3.8, 4) is 11.5 Å². The monoisotopic (exact) mass is 333 g/mol. The molecule has 4 aromatic rings. The smallest absolute Gasteiger partial charge is 0.229 e. The molecule has 4 heterocycles. The van der Waals surface area contributed by atoms with Crippen LogP contribution in [0, 0.1) is 0 Å². The zero-order valence-corrected chi connectivity index (χ0v) is 13.6. The van der Waals surface area contributed by atoms with Gasteiger partial charge in [-0.3, -0.25) is 14.5 Å². The van der Waals surface area contributed by atoms with E-state index >= 15 is 0 Å². The molecule has 0 spiro atoms. The van der Waals surface area contributed by atoms with Gasteiger partial charge in [0, 0.05) is 36.4 Å². The average Bonchev–Trinajstić information content (AvgIpc) is 3.28. The standard InChI is InChI=1S/C18H15N5O2/c1-2-23-9-6-14(22-23)15(24)11-13-10-12(5-8-19-13)18-21-17-16(25-18)4-3-7-20-17/h3-10H,2,11H2,1H3. The van der Waals surface area contributed by atoms with Crippen LogP contribution in [0.5, 0.6) is 0 Å². The van der Waals surface area contributed by atoms with Gasteiger partial charge in [-0.1, -0.05) is 0 Å². The van der Waals surface area contributed by atoms with Crippen LogP contribution >= 0.6 is 0 Å². The highest BCUT2D eigenvalue weighted by molar-refractivity contribution is 5.95. The molecule has 0 unspecified atom stereocenters. The molecule has 0 saturated heterocycles. The van der Waals surface area contributed by atoms with E-state index in [2.05, 4.69) is 20.1 Å². The first kappa shape index (κ1) is 15.2. The number of aromatic nitrogens is 5. The lowest BCUT2D eigenvalue weighted by molar-refractivity contribution is 0.0986. The lowest BCUT2D eigenvalue weighted by atomic mass is 10.1. The quantitative estimate of drug-likeness (QED) is 0.522. The van der Waals surface area contributed by atoms with Crippen molar-refractivity contribution >= 4 is 17.0 Å². The van der Waals surface area contributed by atoms with Gasteiger partial charge in [-0.25, -0.2) is 4.98 Å². The molecule has 7 nitrogen and oxygen atoms in total. The van der Waals surface area contributed by atoms with Crippen molar-refractivity contribution < 1.29 is 9.21 Å². The molecule has 124 valence electrons. The Morgan fingerprint density at radius 2 is 2.12 bits per heavy atom. The third-order valence-corrected chi connectivity index (χ3v) is 3.82. The highest BCUT2D eigenvalue weighted by atomic mass is 16.3.